The van der Waals surface area contributed by atoms with Gasteiger partial charge in [-0.3, -0.25) is 4.79 Å². The van der Waals surface area contributed by atoms with Crippen LogP contribution in [0.2, 0.25) is 0 Å². The molecule has 92 valence electrons. The molecule has 7 heteroatoms. The Kier molecular flexibility index (Phi) is 3.05. The summed E-state index contributed by atoms with van der Waals surface area (Å²) in [4.78, 5) is 28.8. The van der Waals surface area contributed by atoms with Crippen molar-refractivity contribution in [2.24, 2.45) is 0 Å². The second-order valence-electron chi connectivity index (χ2n) is 3.39. The number of imidazole rings is 1. The molecule has 0 saturated carbocycles. The zero-order valence-corrected chi connectivity index (χ0v) is 8.98. The molecule has 3 N–H and O–H groups in total. The Morgan fingerprint density at radius 3 is 2.78 bits per heavy atom. The van der Waals surface area contributed by atoms with Gasteiger partial charge in [0, 0.05) is 0 Å². The summed E-state index contributed by atoms with van der Waals surface area (Å²) in [5.41, 5.74) is -0.539. The van der Waals surface area contributed by atoms with Crippen molar-refractivity contribution in [1.82, 2.24) is 9.97 Å². The number of amides is 1. The summed E-state index contributed by atoms with van der Waals surface area (Å²) in [5.74, 6) is -2.96. The first-order valence-electron chi connectivity index (χ1n) is 4.91. The monoisotopic (exact) mass is 249 g/mol. The maximum absolute atomic E-state index is 13.3. The number of hydrogen-bond donors (Lipinski definition) is 3. The minimum atomic E-state index is -1.45. The van der Waals surface area contributed by atoms with E-state index < -0.39 is 23.3 Å². The molecule has 18 heavy (non-hydrogen) atoms. The first kappa shape index (κ1) is 11.8. The molecule has 2 rings (SSSR count). The maximum Gasteiger partial charge on any atom is 0.340 e. The third kappa shape index (κ3) is 2.19. The predicted molar refractivity (Wildman–Crippen MR) is 59.9 cm³/mol. The molecule has 1 aromatic carbocycles. The molecule has 0 aliphatic heterocycles. The molecule has 0 spiro atoms. The Morgan fingerprint density at radius 2 is 2.17 bits per heavy atom. The Balaban J connectivity index is 2.32. The number of nitrogens with zero attached hydrogens (tertiary/aromatic N) is 1. The van der Waals surface area contributed by atoms with E-state index in [1.165, 1.54) is 24.7 Å². The number of aromatic nitrogens is 2. The molecule has 0 aliphatic carbocycles. The van der Waals surface area contributed by atoms with E-state index >= 15 is 0 Å². The number of benzene rings is 1. The van der Waals surface area contributed by atoms with Gasteiger partial charge in [0.05, 0.1) is 18.2 Å². The van der Waals surface area contributed by atoms with Crippen molar-refractivity contribution in [3.63, 3.8) is 0 Å². The van der Waals surface area contributed by atoms with Crippen LogP contribution in [0.4, 0.5) is 10.1 Å². The van der Waals surface area contributed by atoms with Gasteiger partial charge in [0.2, 0.25) is 0 Å². The Hall–Kier alpha value is -2.70. The van der Waals surface area contributed by atoms with Crippen LogP contribution in [0.1, 0.15) is 20.8 Å². The number of carbonyl (C=O) groups excluding carboxylic acids is 1. The van der Waals surface area contributed by atoms with Crippen molar-refractivity contribution in [2.75, 3.05) is 5.32 Å². The van der Waals surface area contributed by atoms with Crippen LogP contribution in [0.5, 0.6) is 0 Å². The molecule has 0 atom stereocenters. The maximum atomic E-state index is 13.3. The lowest BCUT2D eigenvalue weighted by atomic mass is 10.1. The fourth-order valence-electron chi connectivity index (χ4n) is 1.42. The fourth-order valence-corrected chi connectivity index (χ4v) is 1.42. The normalized spacial score (nSPS) is 10.1. The highest BCUT2D eigenvalue weighted by atomic mass is 19.1. The molecule has 1 aromatic heterocycles. The number of nitrogens with one attached hydrogen (secondary N) is 2. The molecule has 1 heterocycles. The van der Waals surface area contributed by atoms with Crippen LogP contribution < -0.4 is 5.32 Å². The quantitative estimate of drug-likeness (QED) is 0.768. The molecule has 2 aromatic rings. The van der Waals surface area contributed by atoms with E-state index in [1.54, 1.807) is 0 Å². The number of carbonyl (C=O) groups is 2. The highest BCUT2D eigenvalue weighted by Gasteiger charge is 2.18. The van der Waals surface area contributed by atoms with Crippen LogP contribution in [-0.4, -0.2) is 27.0 Å². The number of aromatic carboxylic acids is 1. The van der Waals surface area contributed by atoms with Crippen LogP contribution >= 0.6 is 0 Å². The average molecular weight is 249 g/mol. The van der Waals surface area contributed by atoms with Crippen molar-refractivity contribution in [3.05, 3.63) is 47.8 Å². The highest BCUT2D eigenvalue weighted by Crippen LogP contribution is 2.19. The number of rotatable bonds is 3. The smallest absolute Gasteiger partial charge is 0.340 e. The third-order valence-corrected chi connectivity index (χ3v) is 2.22. The van der Waals surface area contributed by atoms with Crippen LogP contribution in [0.3, 0.4) is 0 Å². The van der Waals surface area contributed by atoms with Crippen molar-refractivity contribution in [3.8, 4) is 0 Å². The van der Waals surface area contributed by atoms with E-state index in [-0.39, 0.29) is 11.4 Å². The third-order valence-electron chi connectivity index (χ3n) is 2.22. The Bertz CT molecular complexity index is 596. The first-order valence-corrected chi connectivity index (χ1v) is 4.91. The topological polar surface area (TPSA) is 95.1 Å². The molecule has 0 aliphatic rings. The highest BCUT2D eigenvalue weighted by molar-refractivity contribution is 6.06. The van der Waals surface area contributed by atoms with Gasteiger partial charge in [-0.2, -0.15) is 0 Å². The van der Waals surface area contributed by atoms with Gasteiger partial charge >= 0.3 is 5.97 Å². The van der Waals surface area contributed by atoms with E-state index in [1.807, 2.05) is 0 Å². The minimum Gasteiger partial charge on any atom is -0.478 e. The minimum absolute atomic E-state index is 0.109. The summed E-state index contributed by atoms with van der Waals surface area (Å²) in [6.45, 7) is 0. The molecule has 0 saturated heterocycles. The zero-order chi connectivity index (χ0) is 13.1. The van der Waals surface area contributed by atoms with E-state index in [4.69, 9.17) is 5.11 Å². The van der Waals surface area contributed by atoms with Gasteiger partial charge in [-0.05, 0) is 12.1 Å². The van der Waals surface area contributed by atoms with Crippen molar-refractivity contribution < 1.29 is 19.1 Å². The standard InChI is InChI=1S/C11H8FN3O3/c12-6-2-1-3-7(9(6)11(17)18)15-10(16)8-4-13-5-14-8/h1-5H,(H,13,14)(H,15,16)(H,17,18). The molecule has 0 fully saturated rings. The van der Waals surface area contributed by atoms with Crippen LogP contribution in [0.15, 0.2) is 30.7 Å². The van der Waals surface area contributed by atoms with Gasteiger partial charge < -0.3 is 15.4 Å². The van der Waals surface area contributed by atoms with Crippen LogP contribution in [0.25, 0.3) is 0 Å². The summed E-state index contributed by atoms with van der Waals surface area (Å²) in [7, 11) is 0. The Morgan fingerprint density at radius 1 is 1.39 bits per heavy atom. The fraction of sp³-hybridized carbons (Fsp3) is 0. The van der Waals surface area contributed by atoms with E-state index in [9.17, 15) is 14.0 Å². The molecular weight excluding hydrogens is 241 g/mol. The number of H-pyrrole nitrogens is 1. The lowest BCUT2D eigenvalue weighted by Crippen LogP contribution is -2.16. The summed E-state index contributed by atoms with van der Waals surface area (Å²) in [5, 5.41) is 11.2. The molecule has 1 amide bonds. The van der Waals surface area contributed by atoms with E-state index in [0.717, 1.165) is 6.07 Å². The lowest BCUT2D eigenvalue weighted by Gasteiger charge is -2.07. The van der Waals surface area contributed by atoms with E-state index in [2.05, 4.69) is 15.3 Å². The van der Waals surface area contributed by atoms with Gasteiger partial charge in [0.25, 0.3) is 5.91 Å². The first-order chi connectivity index (χ1) is 8.59. The number of hydrogen-bond acceptors (Lipinski definition) is 3. The van der Waals surface area contributed by atoms with Gasteiger partial charge in [-0.15, -0.1) is 0 Å². The molecule has 0 radical (unpaired) electrons. The van der Waals surface area contributed by atoms with Crippen molar-refractivity contribution in [1.29, 1.82) is 0 Å². The molecule has 0 bridgehead atoms. The second-order valence-corrected chi connectivity index (χ2v) is 3.39. The summed E-state index contributed by atoms with van der Waals surface area (Å²) >= 11 is 0. The zero-order valence-electron chi connectivity index (χ0n) is 8.98. The number of carboxylic acid groups (broad SMARTS) is 1. The average Bonchev–Trinajstić information content (AvgIpc) is 2.81. The van der Waals surface area contributed by atoms with Crippen molar-refractivity contribution >= 4 is 17.6 Å². The van der Waals surface area contributed by atoms with Crippen LogP contribution in [0, 0.1) is 5.82 Å². The van der Waals surface area contributed by atoms with Gasteiger partial charge in [-0.1, -0.05) is 6.07 Å². The molecule has 0 unspecified atom stereocenters. The summed E-state index contributed by atoms with van der Waals surface area (Å²) in [6, 6.07) is 3.63. The van der Waals surface area contributed by atoms with Crippen LogP contribution in [-0.2, 0) is 0 Å². The van der Waals surface area contributed by atoms with E-state index in [0.29, 0.717) is 0 Å². The lowest BCUT2D eigenvalue weighted by molar-refractivity contribution is 0.0693. The number of aromatic amines is 1. The number of carboxylic acids is 1. The largest absolute Gasteiger partial charge is 0.478 e. The number of halogens is 1. The summed E-state index contributed by atoms with van der Waals surface area (Å²) in [6.07, 6.45) is 2.58. The molecular formula is C11H8FN3O3. The van der Waals surface area contributed by atoms with Crippen molar-refractivity contribution in [2.45, 2.75) is 0 Å². The van der Waals surface area contributed by atoms with Gasteiger partial charge in [0.15, 0.2) is 0 Å². The van der Waals surface area contributed by atoms with Gasteiger partial charge in [0.1, 0.15) is 17.1 Å². The molecule has 6 nitrogen and oxygen atoms in total. The SMILES string of the molecule is O=C(Nc1cccc(F)c1C(=O)O)c1cnc[nH]1. The van der Waals surface area contributed by atoms with Gasteiger partial charge in [-0.25, -0.2) is 14.2 Å². The summed E-state index contributed by atoms with van der Waals surface area (Å²) < 4.78 is 13.3. The number of anilines is 1. The Labute approximate surface area is 100 Å². The predicted octanol–water partition coefficient (Wildman–Crippen LogP) is 1.50. The second kappa shape index (κ2) is 4.66.